The van der Waals surface area contributed by atoms with Crippen LogP contribution in [0.25, 0.3) is 0 Å². The predicted octanol–water partition coefficient (Wildman–Crippen LogP) is 4.84. The van der Waals surface area contributed by atoms with E-state index in [4.69, 9.17) is 4.74 Å². The van der Waals surface area contributed by atoms with E-state index < -0.39 is 5.41 Å². The minimum absolute atomic E-state index is 0.00173. The molecule has 0 atom stereocenters. The molecule has 0 aliphatic carbocycles. The Bertz CT molecular complexity index is 465. The third-order valence-electron chi connectivity index (χ3n) is 4.89. The molecule has 0 aliphatic rings. The average molecular weight is 399 g/mol. The molecule has 2 amide bonds. The molecule has 2 N–H and O–H groups in total. The molecule has 0 saturated carbocycles. The number of carbonyl (C=O) groups is 2. The van der Waals surface area contributed by atoms with E-state index in [2.05, 4.69) is 38.3 Å². The molecule has 0 radical (unpaired) electrons. The van der Waals surface area contributed by atoms with Gasteiger partial charge in [-0.2, -0.15) is 0 Å². The summed E-state index contributed by atoms with van der Waals surface area (Å²) in [6, 6.07) is 0. The number of nitrogens with one attached hydrogen (secondary N) is 2. The molecule has 0 aromatic rings. The zero-order valence-electron chi connectivity index (χ0n) is 19.8. The van der Waals surface area contributed by atoms with E-state index >= 15 is 0 Å². The van der Waals surface area contributed by atoms with Crippen LogP contribution >= 0.6 is 0 Å². The Morgan fingerprint density at radius 2 is 1.46 bits per heavy atom. The zero-order chi connectivity index (χ0) is 21.8. The first-order valence-corrected chi connectivity index (χ1v) is 11.0. The zero-order valence-corrected chi connectivity index (χ0v) is 19.8. The van der Waals surface area contributed by atoms with Gasteiger partial charge in [0.25, 0.3) is 0 Å². The van der Waals surface area contributed by atoms with Crippen LogP contribution in [0.15, 0.2) is 0 Å². The molecule has 0 fully saturated rings. The van der Waals surface area contributed by atoms with Crippen molar-refractivity contribution in [3.63, 3.8) is 0 Å². The first-order chi connectivity index (χ1) is 12.8. The van der Waals surface area contributed by atoms with Gasteiger partial charge >= 0.3 is 0 Å². The maximum absolute atomic E-state index is 12.4. The predicted molar refractivity (Wildman–Crippen MR) is 117 cm³/mol. The van der Waals surface area contributed by atoms with E-state index in [1.165, 1.54) is 19.3 Å². The van der Waals surface area contributed by atoms with Crippen molar-refractivity contribution in [3.8, 4) is 0 Å². The maximum Gasteiger partial charge on any atom is 0.225 e. The van der Waals surface area contributed by atoms with Gasteiger partial charge in [0.1, 0.15) is 0 Å². The summed E-state index contributed by atoms with van der Waals surface area (Å²) < 4.78 is 6.02. The second-order valence-corrected chi connectivity index (χ2v) is 10.4. The number of hydrogen-bond acceptors (Lipinski definition) is 3. The van der Waals surface area contributed by atoms with Gasteiger partial charge in [0.15, 0.2) is 0 Å². The van der Waals surface area contributed by atoms with Crippen LogP contribution in [0, 0.1) is 10.8 Å². The molecule has 28 heavy (non-hydrogen) atoms. The van der Waals surface area contributed by atoms with Gasteiger partial charge in [-0.05, 0) is 38.5 Å². The summed E-state index contributed by atoms with van der Waals surface area (Å²) in [5, 5.41) is 6.03. The van der Waals surface area contributed by atoms with Crippen molar-refractivity contribution in [1.29, 1.82) is 0 Å². The Labute approximate surface area is 173 Å². The fraction of sp³-hybridized carbons (Fsp3) is 0.913. The van der Waals surface area contributed by atoms with Crippen molar-refractivity contribution in [2.45, 2.75) is 106 Å². The van der Waals surface area contributed by atoms with Crippen LogP contribution in [0.1, 0.15) is 100 Å². The van der Waals surface area contributed by atoms with Crippen LogP contribution in [-0.4, -0.2) is 37.1 Å². The summed E-state index contributed by atoms with van der Waals surface area (Å²) in [6.07, 6.45) is 6.57. The monoisotopic (exact) mass is 398 g/mol. The molecule has 5 nitrogen and oxygen atoms in total. The van der Waals surface area contributed by atoms with Crippen LogP contribution in [0.3, 0.4) is 0 Å². The molecule has 0 aliphatic heterocycles. The van der Waals surface area contributed by atoms with Crippen LogP contribution < -0.4 is 10.6 Å². The highest BCUT2D eigenvalue weighted by atomic mass is 16.5. The van der Waals surface area contributed by atoms with E-state index in [1.54, 1.807) is 0 Å². The van der Waals surface area contributed by atoms with E-state index in [-0.39, 0.29) is 22.8 Å². The highest BCUT2D eigenvalue weighted by Crippen LogP contribution is 2.23. The SMILES string of the molecule is CCCCCCNC(=O)C(C)(C)CCOC(C)(C)CCNC(=O)CC(C)(C)C. The number of ether oxygens (including phenoxy) is 1. The summed E-state index contributed by atoms with van der Waals surface area (Å²) in [7, 11) is 0. The van der Waals surface area contributed by atoms with Gasteiger partial charge in [-0.25, -0.2) is 0 Å². The van der Waals surface area contributed by atoms with Gasteiger partial charge in [-0.3, -0.25) is 9.59 Å². The summed E-state index contributed by atoms with van der Waals surface area (Å²) in [5.74, 6) is 0.180. The Balaban J connectivity index is 4.12. The van der Waals surface area contributed by atoms with E-state index in [9.17, 15) is 9.59 Å². The third-order valence-corrected chi connectivity index (χ3v) is 4.89. The molecule has 0 heterocycles. The summed E-state index contributed by atoms with van der Waals surface area (Å²) in [6.45, 7) is 18.2. The average Bonchev–Trinajstić information content (AvgIpc) is 2.52. The van der Waals surface area contributed by atoms with Crippen molar-refractivity contribution in [1.82, 2.24) is 10.6 Å². The van der Waals surface area contributed by atoms with Gasteiger partial charge in [0.2, 0.25) is 11.8 Å². The fourth-order valence-corrected chi connectivity index (χ4v) is 2.81. The Morgan fingerprint density at radius 3 is 2.04 bits per heavy atom. The quantitative estimate of drug-likeness (QED) is 0.412. The number of unbranched alkanes of at least 4 members (excludes halogenated alkanes) is 3. The van der Waals surface area contributed by atoms with Gasteiger partial charge < -0.3 is 15.4 Å². The van der Waals surface area contributed by atoms with E-state index in [1.807, 2.05) is 27.7 Å². The largest absolute Gasteiger partial charge is 0.375 e. The molecular formula is C23H46N2O3. The number of rotatable bonds is 14. The summed E-state index contributed by atoms with van der Waals surface area (Å²) >= 11 is 0. The topological polar surface area (TPSA) is 67.4 Å². The molecule has 0 unspecified atom stereocenters. The molecule has 0 aromatic carbocycles. The highest BCUT2D eigenvalue weighted by Gasteiger charge is 2.28. The standard InChI is InChI=1S/C23H46N2O3/c1-9-10-11-12-15-25-20(27)22(5,6)14-17-28-23(7,8)13-16-24-19(26)18-21(2,3)4/h9-18H2,1-8H3,(H,24,26)(H,25,27). The molecule has 166 valence electrons. The lowest BCUT2D eigenvalue weighted by Crippen LogP contribution is -2.39. The summed E-state index contributed by atoms with van der Waals surface area (Å²) in [5.41, 5.74) is -0.776. The molecule has 0 spiro atoms. The second-order valence-electron chi connectivity index (χ2n) is 10.4. The molecule has 0 rings (SSSR count). The lowest BCUT2D eigenvalue weighted by Gasteiger charge is -2.29. The van der Waals surface area contributed by atoms with Crippen molar-refractivity contribution >= 4 is 11.8 Å². The van der Waals surface area contributed by atoms with Gasteiger partial charge in [-0.15, -0.1) is 0 Å². The first kappa shape index (κ1) is 26.9. The molecular weight excluding hydrogens is 352 g/mol. The van der Waals surface area contributed by atoms with Gasteiger partial charge in [0.05, 0.1) is 5.60 Å². The van der Waals surface area contributed by atoms with Crippen molar-refractivity contribution in [3.05, 3.63) is 0 Å². The number of hydrogen-bond donors (Lipinski definition) is 2. The van der Waals surface area contributed by atoms with Crippen molar-refractivity contribution < 1.29 is 14.3 Å². The van der Waals surface area contributed by atoms with E-state index in [0.29, 0.717) is 26.0 Å². The Morgan fingerprint density at radius 1 is 0.821 bits per heavy atom. The minimum atomic E-state index is -0.443. The van der Waals surface area contributed by atoms with Crippen molar-refractivity contribution in [2.75, 3.05) is 19.7 Å². The lowest BCUT2D eigenvalue weighted by atomic mass is 9.88. The second kappa shape index (κ2) is 12.5. The first-order valence-electron chi connectivity index (χ1n) is 11.0. The van der Waals surface area contributed by atoms with Crippen LogP contribution in [0.2, 0.25) is 0 Å². The van der Waals surface area contributed by atoms with E-state index in [0.717, 1.165) is 19.4 Å². The maximum atomic E-state index is 12.4. The molecule has 0 bridgehead atoms. The molecule has 5 heteroatoms. The van der Waals surface area contributed by atoms with Gasteiger partial charge in [0, 0.05) is 31.5 Å². The van der Waals surface area contributed by atoms with Crippen LogP contribution in [0.5, 0.6) is 0 Å². The smallest absolute Gasteiger partial charge is 0.225 e. The van der Waals surface area contributed by atoms with Crippen LogP contribution in [-0.2, 0) is 14.3 Å². The minimum Gasteiger partial charge on any atom is -0.375 e. The Hall–Kier alpha value is -1.10. The molecule has 0 saturated heterocycles. The number of amides is 2. The molecule has 0 aromatic heterocycles. The number of carbonyl (C=O) groups excluding carboxylic acids is 2. The lowest BCUT2D eigenvalue weighted by molar-refractivity contribution is -0.131. The normalized spacial score (nSPS) is 12.7. The summed E-state index contributed by atoms with van der Waals surface area (Å²) in [4.78, 5) is 24.3. The van der Waals surface area contributed by atoms with Gasteiger partial charge in [-0.1, -0.05) is 60.8 Å². The fourth-order valence-electron chi connectivity index (χ4n) is 2.81. The van der Waals surface area contributed by atoms with Crippen LogP contribution in [0.4, 0.5) is 0 Å². The highest BCUT2D eigenvalue weighted by molar-refractivity contribution is 5.81. The third kappa shape index (κ3) is 14.0. The van der Waals surface area contributed by atoms with Crippen molar-refractivity contribution in [2.24, 2.45) is 10.8 Å². The Kier molecular flexibility index (Phi) is 12.0.